The normalized spacial score (nSPS) is 10.8. The van der Waals surface area contributed by atoms with E-state index in [1.165, 1.54) is 0 Å². The van der Waals surface area contributed by atoms with E-state index >= 15 is 0 Å². The first-order chi connectivity index (χ1) is 15.4. The molecule has 0 aliphatic rings. The molecule has 178 valence electrons. The summed E-state index contributed by atoms with van der Waals surface area (Å²) in [6, 6.07) is 10.6. The Labute approximate surface area is 199 Å². The van der Waals surface area contributed by atoms with Gasteiger partial charge in [0, 0.05) is 17.3 Å². The first kappa shape index (κ1) is 26.0. The number of ether oxygens (including phenoxy) is 2. The molecule has 0 spiro atoms. The van der Waals surface area contributed by atoms with E-state index in [1.807, 2.05) is 13.8 Å². The highest BCUT2D eigenvalue weighted by Gasteiger charge is 2.16. The molecule has 0 saturated heterocycles. The van der Waals surface area contributed by atoms with E-state index in [0.29, 0.717) is 23.0 Å². The minimum Gasteiger partial charge on any atom is -0.484 e. The lowest BCUT2D eigenvalue weighted by Crippen LogP contribution is -2.37. The highest BCUT2D eigenvalue weighted by Crippen LogP contribution is 2.25. The molecule has 0 aromatic heterocycles. The summed E-state index contributed by atoms with van der Waals surface area (Å²) in [5, 5.41) is 8.54. The van der Waals surface area contributed by atoms with Gasteiger partial charge in [-0.05, 0) is 75.6 Å². The third-order valence-corrected chi connectivity index (χ3v) is 4.90. The maximum Gasteiger partial charge on any atom is 0.408 e. The van der Waals surface area contributed by atoms with Crippen molar-refractivity contribution in [3.8, 4) is 5.75 Å². The van der Waals surface area contributed by atoms with Crippen LogP contribution in [0.25, 0.3) is 0 Å². The van der Waals surface area contributed by atoms with Gasteiger partial charge in [-0.2, -0.15) is 0 Å². The molecule has 8 nitrogen and oxygen atoms in total. The quantitative estimate of drug-likeness (QED) is 0.532. The molecule has 33 heavy (non-hydrogen) atoms. The second-order valence-corrected chi connectivity index (χ2v) is 8.91. The Morgan fingerprint density at radius 1 is 0.939 bits per heavy atom. The van der Waals surface area contributed by atoms with E-state index in [1.54, 1.807) is 57.2 Å². The minimum absolute atomic E-state index is 0.112. The molecular formula is C24H30ClN3O5. The Morgan fingerprint density at radius 3 is 2.12 bits per heavy atom. The SMILES string of the molecule is Cc1cc(OCC(=O)NCc2ccc(NC(=O)CNC(=O)OC(C)(C)C)cc2)cc(C)c1Cl. The molecule has 2 aromatic rings. The molecule has 3 amide bonds. The molecule has 0 saturated carbocycles. The van der Waals surface area contributed by atoms with Crippen LogP contribution in [0.15, 0.2) is 36.4 Å². The van der Waals surface area contributed by atoms with Gasteiger partial charge in [-0.15, -0.1) is 0 Å². The van der Waals surface area contributed by atoms with Gasteiger partial charge >= 0.3 is 6.09 Å². The van der Waals surface area contributed by atoms with Crippen molar-refractivity contribution in [2.75, 3.05) is 18.5 Å². The van der Waals surface area contributed by atoms with E-state index in [2.05, 4.69) is 16.0 Å². The van der Waals surface area contributed by atoms with Gasteiger partial charge in [0.15, 0.2) is 6.61 Å². The van der Waals surface area contributed by atoms with Gasteiger partial charge in [0.05, 0.1) is 0 Å². The van der Waals surface area contributed by atoms with Crippen LogP contribution in [0.4, 0.5) is 10.5 Å². The maximum atomic E-state index is 12.1. The number of carbonyl (C=O) groups excluding carboxylic acids is 3. The summed E-state index contributed by atoms with van der Waals surface area (Å²) < 4.78 is 10.6. The summed E-state index contributed by atoms with van der Waals surface area (Å²) >= 11 is 6.14. The van der Waals surface area contributed by atoms with E-state index in [0.717, 1.165) is 16.7 Å². The molecule has 9 heteroatoms. The van der Waals surface area contributed by atoms with Gasteiger partial charge in [0.2, 0.25) is 5.91 Å². The van der Waals surface area contributed by atoms with Crippen molar-refractivity contribution in [1.29, 1.82) is 0 Å². The molecule has 2 aromatic carbocycles. The van der Waals surface area contributed by atoms with E-state index in [9.17, 15) is 14.4 Å². The fourth-order valence-corrected chi connectivity index (χ4v) is 2.88. The Balaban J connectivity index is 1.73. The van der Waals surface area contributed by atoms with Crippen LogP contribution in [0.1, 0.15) is 37.5 Å². The second kappa shape index (κ2) is 11.6. The molecule has 0 unspecified atom stereocenters. The molecular weight excluding hydrogens is 446 g/mol. The summed E-state index contributed by atoms with van der Waals surface area (Å²) in [5.41, 5.74) is 2.57. The number of aryl methyl sites for hydroxylation is 2. The average Bonchev–Trinajstić information content (AvgIpc) is 2.73. The van der Waals surface area contributed by atoms with Crippen molar-refractivity contribution in [3.63, 3.8) is 0 Å². The van der Waals surface area contributed by atoms with Gasteiger partial charge in [-0.1, -0.05) is 23.7 Å². The van der Waals surface area contributed by atoms with Gasteiger partial charge in [-0.25, -0.2) is 4.79 Å². The van der Waals surface area contributed by atoms with Crippen LogP contribution in [0, 0.1) is 13.8 Å². The number of hydrogen-bond donors (Lipinski definition) is 3. The zero-order valence-corrected chi connectivity index (χ0v) is 20.3. The molecule has 0 radical (unpaired) electrons. The van der Waals surface area contributed by atoms with E-state index < -0.39 is 11.7 Å². The van der Waals surface area contributed by atoms with Crippen LogP contribution in [0.5, 0.6) is 5.75 Å². The molecule has 0 heterocycles. The monoisotopic (exact) mass is 475 g/mol. The number of anilines is 1. The number of nitrogens with one attached hydrogen (secondary N) is 3. The summed E-state index contributed by atoms with van der Waals surface area (Å²) in [4.78, 5) is 35.7. The summed E-state index contributed by atoms with van der Waals surface area (Å²) in [6.07, 6.45) is -0.658. The maximum absolute atomic E-state index is 12.1. The first-order valence-corrected chi connectivity index (χ1v) is 10.8. The van der Waals surface area contributed by atoms with Crippen LogP contribution in [0.3, 0.4) is 0 Å². The van der Waals surface area contributed by atoms with Crippen molar-refractivity contribution < 1.29 is 23.9 Å². The second-order valence-electron chi connectivity index (χ2n) is 8.54. The summed E-state index contributed by atoms with van der Waals surface area (Å²) in [7, 11) is 0. The number of alkyl carbamates (subject to hydrolysis) is 1. The van der Waals surface area contributed by atoms with Crippen molar-refractivity contribution in [2.45, 2.75) is 46.8 Å². The lowest BCUT2D eigenvalue weighted by atomic mass is 10.1. The molecule has 0 fully saturated rings. The number of carbonyl (C=O) groups is 3. The first-order valence-electron chi connectivity index (χ1n) is 10.4. The molecule has 0 aliphatic carbocycles. The fraction of sp³-hybridized carbons (Fsp3) is 0.375. The third-order valence-electron chi connectivity index (χ3n) is 4.30. The molecule has 0 atom stereocenters. The Morgan fingerprint density at radius 2 is 1.55 bits per heavy atom. The van der Waals surface area contributed by atoms with E-state index in [-0.39, 0.29) is 25.0 Å². The predicted octanol–water partition coefficient (Wildman–Crippen LogP) is 4.12. The van der Waals surface area contributed by atoms with Gasteiger partial charge in [-0.3, -0.25) is 9.59 Å². The van der Waals surface area contributed by atoms with Crippen molar-refractivity contribution >= 4 is 35.2 Å². The van der Waals surface area contributed by atoms with Gasteiger partial charge < -0.3 is 25.4 Å². The fourth-order valence-electron chi connectivity index (χ4n) is 2.77. The van der Waals surface area contributed by atoms with Crippen molar-refractivity contribution in [3.05, 3.63) is 58.1 Å². The van der Waals surface area contributed by atoms with Crippen molar-refractivity contribution in [1.82, 2.24) is 10.6 Å². The van der Waals surface area contributed by atoms with Crippen LogP contribution in [-0.2, 0) is 20.9 Å². The average molecular weight is 476 g/mol. The number of halogens is 1. The van der Waals surface area contributed by atoms with Crippen LogP contribution < -0.4 is 20.7 Å². The largest absolute Gasteiger partial charge is 0.484 e. The van der Waals surface area contributed by atoms with Crippen LogP contribution in [0.2, 0.25) is 5.02 Å². The molecule has 0 bridgehead atoms. The highest BCUT2D eigenvalue weighted by molar-refractivity contribution is 6.32. The zero-order valence-electron chi connectivity index (χ0n) is 19.5. The molecule has 2 rings (SSSR count). The number of rotatable bonds is 8. The molecule has 0 aliphatic heterocycles. The Bertz CT molecular complexity index is 977. The lowest BCUT2D eigenvalue weighted by Gasteiger charge is -2.19. The summed E-state index contributed by atoms with van der Waals surface area (Å²) in [6.45, 7) is 8.98. The smallest absolute Gasteiger partial charge is 0.408 e. The van der Waals surface area contributed by atoms with Crippen LogP contribution >= 0.6 is 11.6 Å². The van der Waals surface area contributed by atoms with E-state index in [4.69, 9.17) is 21.1 Å². The lowest BCUT2D eigenvalue weighted by molar-refractivity contribution is -0.123. The predicted molar refractivity (Wildman–Crippen MR) is 128 cm³/mol. The Hall–Kier alpha value is -3.26. The summed E-state index contributed by atoms with van der Waals surface area (Å²) in [5.74, 6) is -0.0524. The third kappa shape index (κ3) is 9.41. The van der Waals surface area contributed by atoms with Gasteiger partial charge in [0.25, 0.3) is 5.91 Å². The standard InChI is InChI=1S/C24H30ClN3O5/c1-15-10-19(11-16(2)22(15)25)32-14-21(30)26-12-17-6-8-18(9-7-17)28-20(29)13-27-23(31)33-24(3,4)5/h6-11H,12-14H2,1-5H3,(H,26,30)(H,27,31)(H,28,29). The highest BCUT2D eigenvalue weighted by atomic mass is 35.5. The Kier molecular flexibility index (Phi) is 9.11. The minimum atomic E-state index is -0.658. The van der Waals surface area contributed by atoms with Crippen molar-refractivity contribution in [2.24, 2.45) is 0 Å². The molecule has 3 N–H and O–H groups in total. The zero-order chi connectivity index (χ0) is 24.6. The number of benzene rings is 2. The van der Waals surface area contributed by atoms with Gasteiger partial charge in [0.1, 0.15) is 17.9 Å². The van der Waals surface area contributed by atoms with Crippen LogP contribution in [-0.4, -0.2) is 36.7 Å². The number of amides is 3. The number of hydrogen-bond acceptors (Lipinski definition) is 5. The topological polar surface area (TPSA) is 106 Å².